The van der Waals surface area contributed by atoms with E-state index in [1.165, 1.54) is 0 Å². The fourth-order valence-corrected chi connectivity index (χ4v) is 7.39. The first-order valence-corrected chi connectivity index (χ1v) is 15.0. The molecule has 4 aliphatic carbocycles. The van der Waals surface area contributed by atoms with Gasteiger partial charge in [-0.15, -0.1) is 0 Å². The third-order valence-electron chi connectivity index (χ3n) is 9.43. The molecule has 2 saturated heterocycles. The number of hydrogen-bond donors (Lipinski definition) is 4. The van der Waals surface area contributed by atoms with Gasteiger partial charge in [-0.05, 0) is 49.4 Å². The van der Waals surface area contributed by atoms with E-state index in [-0.39, 0.29) is 60.2 Å². The molecule has 0 aromatic carbocycles. The summed E-state index contributed by atoms with van der Waals surface area (Å²) in [5.74, 6) is -3.42. The van der Waals surface area contributed by atoms with Gasteiger partial charge in [-0.2, -0.15) is 10.1 Å². The highest BCUT2D eigenvalue weighted by Gasteiger charge is 2.60. The number of unbranched alkanes of at least 4 members (excludes halogenated alkanes) is 7. The molecular formula is C30H40N2O10. The van der Waals surface area contributed by atoms with E-state index in [4.69, 9.17) is 20.6 Å². The van der Waals surface area contributed by atoms with Crippen LogP contribution in [0.1, 0.15) is 77.0 Å². The predicted molar refractivity (Wildman–Crippen MR) is 144 cm³/mol. The summed E-state index contributed by atoms with van der Waals surface area (Å²) in [5, 5.41) is 35.7. The summed E-state index contributed by atoms with van der Waals surface area (Å²) in [6.07, 6.45) is 18.3. The minimum atomic E-state index is -0.714. The van der Waals surface area contributed by atoms with Gasteiger partial charge in [-0.3, -0.25) is 39.2 Å². The van der Waals surface area contributed by atoms with Crippen molar-refractivity contribution in [2.45, 2.75) is 77.0 Å². The lowest BCUT2D eigenvalue weighted by molar-refractivity contribution is -0.174. The zero-order valence-corrected chi connectivity index (χ0v) is 23.5. The van der Waals surface area contributed by atoms with E-state index in [0.717, 1.165) is 64.2 Å². The summed E-state index contributed by atoms with van der Waals surface area (Å²) in [6.45, 7) is 0. The molecule has 42 heavy (non-hydrogen) atoms. The molecule has 6 aliphatic rings. The number of amides is 4. The van der Waals surface area contributed by atoms with Crippen molar-refractivity contribution in [3.05, 3.63) is 24.3 Å². The molecular weight excluding hydrogens is 548 g/mol. The molecule has 230 valence electrons. The van der Waals surface area contributed by atoms with Crippen molar-refractivity contribution in [1.29, 1.82) is 0 Å². The molecule has 8 atom stereocenters. The number of carbonyl (C=O) groups excluding carboxylic acids is 4. The highest BCUT2D eigenvalue weighted by molar-refractivity contribution is 6.05. The summed E-state index contributed by atoms with van der Waals surface area (Å²) in [5.41, 5.74) is 0. The Morgan fingerprint density at radius 2 is 0.762 bits per heavy atom. The van der Waals surface area contributed by atoms with Gasteiger partial charge >= 0.3 is 11.9 Å². The molecule has 8 unspecified atom stereocenters. The quantitative estimate of drug-likeness (QED) is 0.120. The molecule has 6 rings (SSSR count). The predicted octanol–water partition coefficient (Wildman–Crippen LogP) is 3.42. The smallest absolute Gasteiger partial charge is 0.303 e. The van der Waals surface area contributed by atoms with Gasteiger partial charge in [0.1, 0.15) is 0 Å². The summed E-state index contributed by atoms with van der Waals surface area (Å²) < 4.78 is 0. The Balaban J connectivity index is 0.000000145. The Bertz CT molecular complexity index is 1000. The maximum atomic E-state index is 11.4. The highest BCUT2D eigenvalue weighted by Crippen LogP contribution is 2.53. The third-order valence-corrected chi connectivity index (χ3v) is 9.43. The van der Waals surface area contributed by atoms with Gasteiger partial charge < -0.3 is 10.2 Å². The lowest BCUT2D eigenvalue weighted by atomic mass is 9.85. The number of nitrogens with zero attached hydrogens (tertiary/aromatic N) is 2. The minimum Gasteiger partial charge on any atom is -0.481 e. The molecule has 12 nitrogen and oxygen atoms in total. The Morgan fingerprint density at radius 1 is 0.524 bits per heavy atom. The molecule has 2 saturated carbocycles. The number of hydroxylamine groups is 4. The summed E-state index contributed by atoms with van der Waals surface area (Å²) in [4.78, 5) is 66.1. The number of carboxylic acid groups (broad SMARTS) is 2. The monoisotopic (exact) mass is 588 g/mol. The van der Waals surface area contributed by atoms with Crippen molar-refractivity contribution >= 4 is 35.6 Å². The third kappa shape index (κ3) is 6.64. The van der Waals surface area contributed by atoms with E-state index < -0.39 is 35.6 Å². The van der Waals surface area contributed by atoms with Crippen LogP contribution in [0.15, 0.2) is 24.3 Å². The Labute approximate surface area is 243 Å². The van der Waals surface area contributed by atoms with Gasteiger partial charge in [0.05, 0.1) is 23.7 Å². The number of hydrogen-bond acceptors (Lipinski definition) is 8. The first-order valence-electron chi connectivity index (χ1n) is 15.0. The van der Waals surface area contributed by atoms with Crippen molar-refractivity contribution in [2.75, 3.05) is 0 Å². The minimum absolute atomic E-state index is 0.184. The maximum absolute atomic E-state index is 11.4. The highest BCUT2D eigenvalue weighted by atomic mass is 16.5. The zero-order valence-electron chi connectivity index (χ0n) is 23.5. The van der Waals surface area contributed by atoms with Crippen LogP contribution < -0.4 is 0 Å². The molecule has 4 bridgehead atoms. The molecule has 0 aromatic heterocycles. The van der Waals surface area contributed by atoms with Gasteiger partial charge in [-0.1, -0.05) is 62.8 Å². The Morgan fingerprint density at radius 3 is 1.00 bits per heavy atom. The van der Waals surface area contributed by atoms with Gasteiger partial charge in [0.15, 0.2) is 0 Å². The van der Waals surface area contributed by atoms with Crippen LogP contribution in [-0.4, -0.2) is 66.3 Å². The molecule has 0 aromatic rings. The number of fused-ring (bicyclic) bond motifs is 10. The lowest BCUT2D eigenvalue weighted by Crippen LogP contribution is -2.29. The van der Waals surface area contributed by atoms with Crippen LogP contribution >= 0.6 is 0 Å². The van der Waals surface area contributed by atoms with Gasteiger partial charge in [0.2, 0.25) is 0 Å². The first-order chi connectivity index (χ1) is 20.0. The molecule has 4 N–H and O–H groups in total. The zero-order chi connectivity index (χ0) is 30.6. The molecule has 4 fully saturated rings. The number of carbonyl (C=O) groups is 6. The Hall–Kier alpha value is -3.38. The van der Waals surface area contributed by atoms with Crippen molar-refractivity contribution in [3.63, 3.8) is 0 Å². The van der Waals surface area contributed by atoms with E-state index in [2.05, 4.69) is 0 Å². The number of allylic oxidation sites excluding steroid dienone is 4. The van der Waals surface area contributed by atoms with Crippen molar-refractivity contribution in [1.82, 2.24) is 10.1 Å². The van der Waals surface area contributed by atoms with E-state index in [1.807, 2.05) is 24.3 Å². The Kier molecular flexibility index (Phi) is 10.3. The fourth-order valence-electron chi connectivity index (χ4n) is 7.39. The van der Waals surface area contributed by atoms with Gasteiger partial charge in [0, 0.05) is 12.8 Å². The number of imide groups is 2. The fraction of sp³-hybridized carbons (Fsp3) is 0.667. The SMILES string of the molecule is O=C(O)CCCCCCCCCCC(=O)O.O=C1C2C3C=CC(C3)C2C(=O)N1O.O=C1C2C3C=CC(C3)C2C(=O)N1O. The van der Waals surface area contributed by atoms with Crippen molar-refractivity contribution in [3.8, 4) is 0 Å². The normalized spacial score (nSPS) is 32.6. The van der Waals surface area contributed by atoms with Crippen LogP contribution in [0.25, 0.3) is 0 Å². The topological polar surface area (TPSA) is 190 Å². The molecule has 2 aliphatic heterocycles. The average Bonchev–Trinajstić information content (AvgIpc) is 3.81. The number of carboxylic acids is 2. The molecule has 0 radical (unpaired) electrons. The summed E-state index contributed by atoms with van der Waals surface area (Å²) >= 11 is 0. The second-order valence-corrected chi connectivity index (χ2v) is 12.1. The summed E-state index contributed by atoms with van der Waals surface area (Å²) in [6, 6.07) is 0. The van der Waals surface area contributed by atoms with E-state index in [9.17, 15) is 28.8 Å². The van der Waals surface area contributed by atoms with Gasteiger partial charge in [0.25, 0.3) is 23.6 Å². The van der Waals surface area contributed by atoms with E-state index in [0.29, 0.717) is 10.1 Å². The van der Waals surface area contributed by atoms with Crippen LogP contribution in [0, 0.1) is 47.3 Å². The summed E-state index contributed by atoms with van der Waals surface area (Å²) in [7, 11) is 0. The maximum Gasteiger partial charge on any atom is 0.303 e. The van der Waals surface area contributed by atoms with Crippen molar-refractivity contribution in [2.24, 2.45) is 47.3 Å². The molecule has 0 spiro atoms. The number of aliphatic carboxylic acids is 2. The molecule has 2 heterocycles. The largest absolute Gasteiger partial charge is 0.481 e. The standard InChI is InChI=1S/C12H22O4.2C9H9NO3/c13-11(14)9-7-5-3-1-2-4-6-8-10-12(15)16;2*11-8-6-4-1-2-5(3-4)7(6)9(12)10(8)13/h1-10H2,(H,13,14)(H,15,16);2*1-2,4-7,13H,3H2. The van der Waals surface area contributed by atoms with Crippen LogP contribution in [0.3, 0.4) is 0 Å². The van der Waals surface area contributed by atoms with Crippen LogP contribution in [-0.2, 0) is 28.8 Å². The van der Waals surface area contributed by atoms with E-state index >= 15 is 0 Å². The van der Waals surface area contributed by atoms with E-state index in [1.54, 1.807) is 0 Å². The second kappa shape index (κ2) is 13.7. The second-order valence-electron chi connectivity index (χ2n) is 12.1. The molecule has 4 amide bonds. The van der Waals surface area contributed by atoms with Crippen LogP contribution in [0.5, 0.6) is 0 Å². The van der Waals surface area contributed by atoms with Crippen molar-refractivity contribution < 1.29 is 49.4 Å². The average molecular weight is 589 g/mol. The number of rotatable bonds is 11. The first kappa shape index (κ1) is 31.6. The molecule has 12 heteroatoms. The lowest BCUT2D eigenvalue weighted by Gasteiger charge is -2.13. The van der Waals surface area contributed by atoms with Crippen LogP contribution in [0.4, 0.5) is 0 Å². The van der Waals surface area contributed by atoms with Crippen LogP contribution in [0.2, 0.25) is 0 Å². The van der Waals surface area contributed by atoms with Gasteiger partial charge in [-0.25, -0.2) is 0 Å².